The molecule has 0 aliphatic rings. The molecule has 2 N–H and O–H groups in total. The Kier molecular flexibility index (Phi) is 3.94. The minimum Gasteiger partial charge on any atom is -0.493 e. The Morgan fingerprint density at radius 3 is 2.05 bits per heavy atom. The number of halogens is 3. The summed E-state index contributed by atoms with van der Waals surface area (Å²) in [4.78, 5) is 10.8. The first-order valence-electron chi connectivity index (χ1n) is 4.93. The van der Waals surface area contributed by atoms with Crippen molar-refractivity contribution in [1.82, 2.24) is 0 Å². The Morgan fingerprint density at radius 1 is 1.16 bits per heavy atom. The van der Waals surface area contributed by atoms with Crippen LogP contribution in [0, 0.1) is 0 Å². The average molecular weight is 280 g/mol. The monoisotopic (exact) mass is 280 g/mol. The zero-order valence-electron chi connectivity index (χ0n) is 9.99. The fourth-order valence-corrected chi connectivity index (χ4v) is 1.47. The molecule has 1 aromatic rings. The summed E-state index contributed by atoms with van der Waals surface area (Å²) in [5.74, 6) is -2.43. The molecule has 1 atom stereocenters. The first-order valence-corrected chi connectivity index (χ1v) is 4.93. The standard InChI is InChI=1S/C11H11F3O5/c1-18-7-4-3-6(5-8(7)19-2)10(17,9(15)16)11(12,13)14/h3-5,17H,1-2H3,(H,15,16)/t10-/m0/s1. The molecular weight excluding hydrogens is 269 g/mol. The van der Waals surface area contributed by atoms with E-state index < -0.39 is 23.3 Å². The molecule has 106 valence electrons. The lowest BCUT2D eigenvalue weighted by atomic mass is 9.93. The van der Waals surface area contributed by atoms with E-state index in [1.807, 2.05) is 0 Å². The number of aliphatic carboxylic acids is 1. The molecule has 0 aliphatic heterocycles. The molecule has 0 spiro atoms. The van der Waals surface area contributed by atoms with E-state index in [-0.39, 0.29) is 11.5 Å². The number of alkyl halides is 3. The van der Waals surface area contributed by atoms with Crippen molar-refractivity contribution in [2.24, 2.45) is 0 Å². The van der Waals surface area contributed by atoms with Gasteiger partial charge in [0.25, 0.3) is 5.60 Å². The van der Waals surface area contributed by atoms with Crippen LogP contribution in [0.1, 0.15) is 5.56 Å². The summed E-state index contributed by atoms with van der Waals surface area (Å²) in [5.41, 5.74) is -4.88. The van der Waals surface area contributed by atoms with Crippen LogP contribution >= 0.6 is 0 Å². The van der Waals surface area contributed by atoms with Crippen molar-refractivity contribution < 1.29 is 37.7 Å². The number of hydrogen-bond donors (Lipinski definition) is 2. The van der Waals surface area contributed by atoms with Gasteiger partial charge in [-0.3, -0.25) is 0 Å². The molecule has 0 saturated carbocycles. The summed E-state index contributed by atoms with van der Waals surface area (Å²) in [6.07, 6.45) is -5.38. The molecule has 19 heavy (non-hydrogen) atoms. The van der Waals surface area contributed by atoms with Gasteiger partial charge in [0.15, 0.2) is 11.5 Å². The summed E-state index contributed by atoms with van der Waals surface area (Å²) in [7, 11) is 2.44. The summed E-state index contributed by atoms with van der Waals surface area (Å²) in [5, 5.41) is 18.1. The summed E-state index contributed by atoms with van der Waals surface area (Å²) in [6, 6.07) is 2.65. The van der Waals surface area contributed by atoms with Crippen LogP contribution in [0.15, 0.2) is 18.2 Å². The molecule has 0 aromatic heterocycles. The van der Waals surface area contributed by atoms with E-state index >= 15 is 0 Å². The van der Waals surface area contributed by atoms with Crippen molar-refractivity contribution in [3.8, 4) is 11.5 Å². The maximum atomic E-state index is 12.8. The van der Waals surface area contributed by atoms with Crippen molar-refractivity contribution in [2.75, 3.05) is 14.2 Å². The topological polar surface area (TPSA) is 76.0 Å². The molecule has 0 heterocycles. The van der Waals surface area contributed by atoms with Gasteiger partial charge in [-0.25, -0.2) is 4.79 Å². The fraction of sp³-hybridized carbons (Fsp3) is 0.364. The number of carboxylic acids is 1. The zero-order chi connectivity index (χ0) is 14.8. The van der Waals surface area contributed by atoms with Crippen LogP contribution in [-0.4, -0.2) is 36.6 Å². The predicted octanol–water partition coefficient (Wildman–Crippen LogP) is 1.54. The first-order chi connectivity index (χ1) is 8.68. The third kappa shape index (κ3) is 2.43. The Morgan fingerprint density at radius 2 is 1.68 bits per heavy atom. The van der Waals surface area contributed by atoms with E-state index in [4.69, 9.17) is 14.6 Å². The Balaban J connectivity index is 3.45. The molecule has 0 saturated heterocycles. The fourth-order valence-electron chi connectivity index (χ4n) is 1.47. The van der Waals surface area contributed by atoms with Gasteiger partial charge in [-0.15, -0.1) is 0 Å². The molecule has 1 aromatic carbocycles. The molecular formula is C11H11F3O5. The minimum absolute atomic E-state index is 0.112. The second-order valence-electron chi connectivity index (χ2n) is 3.58. The second-order valence-corrected chi connectivity index (χ2v) is 3.58. The number of methoxy groups -OCH3 is 2. The lowest BCUT2D eigenvalue weighted by Crippen LogP contribution is -2.49. The zero-order valence-corrected chi connectivity index (χ0v) is 9.99. The number of hydrogen-bond acceptors (Lipinski definition) is 4. The van der Waals surface area contributed by atoms with Gasteiger partial charge in [-0.1, -0.05) is 6.07 Å². The van der Waals surface area contributed by atoms with Gasteiger partial charge in [0, 0.05) is 5.56 Å². The third-order valence-electron chi connectivity index (χ3n) is 2.52. The van der Waals surface area contributed by atoms with E-state index in [0.29, 0.717) is 0 Å². The highest BCUT2D eigenvalue weighted by Gasteiger charge is 2.61. The van der Waals surface area contributed by atoms with Crippen LogP contribution in [0.2, 0.25) is 0 Å². The van der Waals surface area contributed by atoms with Crippen molar-refractivity contribution in [3.63, 3.8) is 0 Å². The molecule has 5 nitrogen and oxygen atoms in total. The number of carbonyl (C=O) groups is 1. The van der Waals surface area contributed by atoms with Crippen LogP contribution in [0.25, 0.3) is 0 Å². The molecule has 1 rings (SSSR count). The van der Waals surface area contributed by atoms with Gasteiger partial charge >= 0.3 is 12.1 Å². The first kappa shape index (κ1) is 15.1. The van der Waals surface area contributed by atoms with E-state index in [1.54, 1.807) is 0 Å². The van der Waals surface area contributed by atoms with Crippen LogP contribution in [0.5, 0.6) is 11.5 Å². The SMILES string of the molecule is COc1ccc([C@](O)(C(=O)O)C(F)(F)F)cc1OC. The van der Waals surface area contributed by atoms with Crippen LogP contribution in [0.3, 0.4) is 0 Å². The van der Waals surface area contributed by atoms with Crippen molar-refractivity contribution in [2.45, 2.75) is 11.8 Å². The normalized spacial score (nSPS) is 14.6. The number of aliphatic hydroxyl groups is 1. The molecule has 0 radical (unpaired) electrons. The highest BCUT2D eigenvalue weighted by atomic mass is 19.4. The van der Waals surface area contributed by atoms with Gasteiger partial charge in [-0.2, -0.15) is 13.2 Å². The number of ether oxygens (including phenoxy) is 2. The molecule has 0 fully saturated rings. The summed E-state index contributed by atoms with van der Waals surface area (Å²) >= 11 is 0. The number of rotatable bonds is 4. The van der Waals surface area contributed by atoms with Crippen molar-refractivity contribution in [1.29, 1.82) is 0 Å². The van der Waals surface area contributed by atoms with Crippen LogP contribution in [0.4, 0.5) is 13.2 Å². The smallest absolute Gasteiger partial charge is 0.432 e. The highest BCUT2D eigenvalue weighted by Crippen LogP contribution is 2.41. The quantitative estimate of drug-likeness (QED) is 0.875. The number of benzene rings is 1. The van der Waals surface area contributed by atoms with E-state index in [0.717, 1.165) is 18.2 Å². The Bertz CT molecular complexity index is 486. The molecule has 0 unspecified atom stereocenters. The van der Waals surface area contributed by atoms with Gasteiger partial charge in [0.05, 0.1) is 14.2 Å². The van der Waals surface area contributed by atoms with Gasteiger partial charge in [-0.05, 0) is 12.1 Å². The van der Waals surface area contributed by atoms with Crippen LogP contribution < -0.4 is 9.47 Å². The number of carboxylic acid groups (broad SMARTS) is 1. The van der Waals surface area contributed by atoms with E-state index in [2.05, 4.69) is 0 Å². The van der Waals surface area contributed by atoms with Crippen LogP contribution in [-0.2, 0) is 10.4 Å². The largest absolute Gasteiger partial charge is 0.493 e. The summed E-state index contributed by atoms with van der Waals surface area (Å²) < 4.78 is 47.9. The third-order valence-corrected chi connectivity index (χ3v) is 2.52. The van der Waals surface area contributed by atoms with Gasteiger partial charge < -0.3 is 19.7 Å². The van der Waals surface area contributed by atoms with Crippen molar-refractivity contribution in [3.05, 3.63) is 23.8 Å². The van der Waals surface area contributed by atoms with E-state index in [1.165, 1.54) is 14.2 Å². The summed E-state index contributed by atoms with van der Waals surface area (Å²) in [6.45, 7) is 0. The molecule has 0 aliphatic carbocycles. The van der Waals surface area contributed by atoms with Crippen molar-refractivity contribution >= 4 is 5.97 Å². The Labute approximate surface area is 106 Å². The maximum Gasteiger partial charge on any atom is 0.432 e. The lowest BCUT2D eigenvalue weighted by molar-refractivity contribution is -0.265. The van der Waals surface area contributed by atoms with Gasteiger partial charge in [0.2, 0.25) is 0 Å². The average Bonchev–Trinajstić information content (AvgIpc) is 2.35. The lowest BCUT2D eigenvalue weighted by Gasteiger charge is -2.26. The maximum absolute atomic E-state index is 12.8. The molecule has 0 bridgehead atoms. The van der Waals surface area contributed by atoms with E-state index in [9.17, 15) is 23.1 Å². The molecule has 8 heteroatoms. The highest BCUT2D eigenvalue weighted by molar-refractivity contribution is 5.80. The Hall–Kier alpha value is -1.96. The molecule has 0 amide bonds. The minimum atomic E-state index is -5.38. The second kappa shape index (κ2) is 4.96. The predicted molar refractivity (Wildman–Crippen MR) is 57.1 cm³/mol. The van der Waals surface area contributed by atoms with Gasteiger partial charge in [0.1, 0.15) is 0 Å².